The van der Waals surface area contributed by atoms with E-state index in [2.05, 4.69) is 5.32 Å². The number of amides is 1. The molecule has 0 radical (unpaired) electrons. The van der Waals surface area contributed by atoms with Gasteiger partial charge in [0.2, 0.25) is 15.9 Å². The van der Waals surface area contributed by atoms with Crippen LogP contribution in [0.4, 0.5) is 4.39 Å². The van der Waals surface area contributed by atoms with E-state index in [-0.39, 0.29) is 39.0 Å². The number of benzene rings is 1. The van der Waals surface area contributed by atoms with Crippen molar-refractivity contribution in [3.63, 3.8) is 0 Å². The normalized spacial score (nSPS) is 11.7. The molecule has 2 aromatic rings. The first-order valence-corrected chi connectivity index (χ1v) is 10.2. The van der Waals surface area contributed by atoms with Gasteiger partial charge in [0.25, 0.3) is 0 Å². The van der Waals surface area contributed by atoms with E-state index < -0.39 is 15.9 Å². The van der Waals surface area contributed by atoms with Crippen LogP contribution in [0.2, 0.25) is 8.67 Å². The summed E-state index contributed by atoms with van der Waals surface area (Å²) in [4.78, 5) is 12.0. The lowest BCUT2D eigenvalue weighted by atomic mass is 10.2. The number of nitrogens with zero attached hydrogens (tertiary/aromatic N) is 1. The second kappa shape index (κ2) is 8.46. The van der Waals surface area contributed by atoms with E-state index in [9.17, 15) is 17.6 Å². The molecular weight excluding hydrogens is 410 g/mol. The van der Waals surface area contributed by atoms with Crippen LogP contribution < -0.4 is 5.32 Å². The van der Waals surface area contributed by atoms with Crippen molar-refractivity contribution in [2.45, 2.75) is 18.4 Å². The van der Waals surface area contributed by atoms with Gasteiger partial charge in [-0.2, -0.15) is 4.31 Å². The van der Waals surface area contributed by atoms with Crippen molar-refractivity contribution in [2.24, 2.45) is 0 Å². The van der Waals surface area contributed by atoms with Gasteiger partial charge in [0.05, 0.1) is 10.9 Å². The molecule has 0 spiro atoms. The van der Waals surface area contributed by atoms with Crippen molar-refractivity contribution in [3.05, 3.63) is 50.4 Å². The summed E-state index contributed by atoms with van der Waals surface area (Å²) in [6, 6.07) is 6.91. The topological polar surface area (TPSA) is 66.5 Å². The quantitative estimate of drug-likeness (QED) is 0.738. The number of carbonyl (C=O) groups is 1. The number of nitrogens with one attached hydrogen (secondary N) is 1. The minimum absolute atomic E-state index is 0.0511. The molecular formula is C15H15Cl2FN2O3S2. The maximum Gasteiger partial charge on any atom is 0.245 e. The van der Waals surface area contributed by atoms with Crippen LogP contribution in [0.15, 0.2) is 35.2 Å². The summed E-state index contributed by atoms with van der Waals surface area (Å²) in [6.07, 6.45) is 0. The Morgan fingerprint density at radius 3 is 2.44 bits per heavy atom. The molecule has 1 aromatic heterocycles. The van der Waals surface area contributed by atoms with Gasteiger partial charge < -0.3 is 5.32 Å². The first-order chi connectivity index (χ1) is 11.7. The minimum atomic E-state index is -3.93. The predicted molar refractivity (Wildman–Crippen MR) is 97.0 cm³/mol. The van der Waals surface area contributed by atoms with Crippen LogP contribution in [0.25, 0.3) is 0 Å². The van der Waals surface area contributed by atoms with Crippen molar-refractivity contribution in [2.75, 3.05) is 13.1 Å². The number of sulfonamides is 1. The number of carbonyl (C=O) groups excluding carboxylic acids is 1. The number of hydrogen-bond acceptors (Lipinski definition) is 4. The van der Waals surface area contributed by atoms with E-state index in [0.717, 1.165) is 15.6 Å². The van der Waals surface area contributed by atoms with Gasteiger partial charge in [-0.05, 0) is 23.8 Å². The van der Waals surface area contributed by atoms with Crippen molar-refractivity contribution in [3.8, 4) is 0 Å². The third-order valence-corrected chi connectivity index (χ3v) is 6.99. The molecule has 1 heterocycles. The van der Waals surface area contributed by atoms with E-state index in [4.69, 9.17) is 23.2 Å². The molecule has 0 unspecified atom stereocenters. The van der Waals surface area contributed by atoms with Gasteiger partial charge in [-0.15, -0.1) is 11.3 Å². The molecule has 0 fully saturated rings. The van der Waals surface area contributed by atoms with Crippen LogP contribution >= 0.6 is 34.5 Å². The van der Waals surface area contributed by atoms with Crippen LogP contribution in [-0.4, -0.2) is 31.7 Å². The van der Waals surface area contributed by atoms with E-state index in [1.54, 1.807) is 6.92 Å². The first-order valence-electron chi connectivity index (χ1n) is 7.20. The second-order valence-electron chi connectivity index (χ2n) is 5.02. The second-order valence-corrected chi connectivity index (χ2v) is 9.21. The molecule has 136 valence electrons. The van der Waals surface area contributed by atoms with E-state index >= 15 is 0 Å². The maximum absolute atomic E-state index is 12.9. The van der Waals surface area contributed by atoms with Crippen LogP contribution in [0, 0.1) is 5.82 Å². The SMILES string of the molecule is CCN(CC(=O)NCc1ccc(F)cc1)S(=O)(=O)c1cc(Cl)sc1Cl. The lowest BCUT2D eigenvalue weighted by molar-refractivity contribution is -0.121. The summed E-state index contributed by atoms with van der Waals surface area (Å²) in [6.45, 7) is 1.52. The zero-order valence-corrected chi connectivity index (χ0v) is 16.3. The summed E-state index contributed by atoms with van der Waals surface area (Å²) >= 11 is 12.7. The Balaban J connectivity index is 2.04. The van der Waals surface area contributed by atoms with Gasteiger partial charge in [0.1, 0.15) is 15.0 Å². The zero-order chi connectivity index (χ0) is 18.6. The zero-order valence-electron chi connectivity index (χ0n) is 13.1. The molecule has 0 aliphatic rings. The van der Waals surface area contributed by atoms with Gasteiger partial charge in [0, 0.05) is 13.1 Å². The van der Waals surface area contributed by atoms with Crippen LogP contribution in [0.1, 0.15) is 12.5 Å². The maximum atomic E-state index is 12.9. The molecule has 25 heavy (non-hydrogen) atoms. The fourth-order valence-electron chi connectivity index (χ4n) is 2.03. The van der Waals surface area contributed by atoms with E-state index in [1.807, 2.05) is 0 Å². The Labute approximate surface area is 159 Å². The summed E-state index contributed by atoms with van der Waals surface area (Å²) in [5.74, 6) is -0.850. The summed E-state index contributed by atoms with van der Waals surface area (Å²) in [5, 5.41) is 2.60. The lowest BCUT2D eigenvalue weighted by Crippen LogP contribution is -2.40. The fourth-order valence-corrected chi connectivity index (χ4v) is 5.54. The Morgan fingerprint density at radius 1 is 1.28 bits per heavy atom. The average Bonchev–Trinajstić information content (AvgIpc) is 2.91. The van der Waals surface area contributed by atoms with E-state index in [0.29, 0.717) is 5.56 Å². The number of likely N-dealkylation sites (N-methyl/N-ethyl adjacent to an activating group) is 1. The molecule has 2 rings (SSSR count). The van der Waals surface area contributed by atoms with Gasteiger partial charge >= 0.3 is 0 Å². The van der Waals surface area contributed by atoms with Gasteiger partial charge in [0.15, 0.2) is 0 Å². The van der Waals surface area contributed by atoms with Gasteiger partial charge in [-0.3, -0.25) is 4.79 Å². The summed E-state index contributed by atoms with van der Waals surface area (Å²) < 4.78 is 39.4. The lowest BCUT2D eigenvalue weighted by Gasteiger charge is -2.19. The number of halogens is 3. The van der Waals surface area contributed by atoms with Crippen LogP contribution in [-0.2, 0) is 21.4 Å². The molecule has 0 atom stereocenters. The van der Waals surface area contributed by atoms with Crippen LogP contribution in [0.3, 0.4) is 0 Å². The highest BCUT2D eigenvalue weighted by Gasteiger charge is 2.29. The summed E-state index contributed by atoms with van der Waals surface area (Å²) in [7, 11) is -3.93. The van der Waals surface area contributed by atoms with E-state index in [1.165, 1.54) is 30.3 Å². The molecule has 10 heteroatoms. The molecule has 0 bridgehead atoms. The smallest absolute Gasteiger partial charge is 0.245 e. The molecule has 0 saturated heterocycles. The van der Waals surface area contributed by atoms with Crippen molar-refractivity contribution in [1.29, 1.82) is 0 Å². The average molecular weight is 425 g/mol. The van der Waals surface area contributed by atoms with Gasteiger partial charge in [-0.1, -0.05) is 42.3 Å². The fraction of sp³-hybridized carbons (Fsp3) is 0.267. The molecule has 1 amide bonds. The Hall–Kier alpha value is -1.19. The standard InChI is InChI=1S/C15H15Cl2FN2O3S2/c1-2-20(25(22,23)12-7-13(16)24-15(12)17)9-14(21)19-8-10-3-5-11(18)6-4-10/h3-7H,2,8-9H2,1H3,(H,19,21). The van der Waals surface area contributed by atoms with Crippen molar-refractivity contribution < 1.29 is 17.6 Å². The Kier molecular flexibility index (Phi) is 6.81. The molecule has 1 aromatic carbocycles. The largest absolute Gasteiger partial charge is 0.351 e. The van der Waals surface area contributed by atoms with Crippen molar-refractivity contribution >= 4 is 50.5 Å². The highest BCUT2D eigenvalue weighted by Crippen LogP contribution is 2.35. The number of thiophene rings is 1. The highest BCUT2D eigenvalue weighted by molar-refractivity contribution is 7.89. The predicted octanol–water partition coefficient (Wildman–Crippen LogP) is 3.52. The Morgan fingerprint density at radius 2 is 1.92 bits per heavy atom. The molecule has 0 aliphatic heterocycles. The van der Waals surface area contributed by atoms with Gasteiger partial charge in [-0.25, -0.2) is 12.8 Å². The van der Waals surface area contributed by atoms with Crippen LogP contribution in [0.5, 0.6) is 0 Å². The summed E-state index contributed by atoms with van der Waals surface area (Å²) in [5.41, 5.74) is 0.702. The molecule has 0 aliphatic carbocycles. The third-order valence-electron chi connectivity index (χ3n) is 3.32. The monoisotopic (exact) mass is 424 g/mol. The number of rotatable bonds is 7. The minimum Gasteiger partial charge on any atom is -0.351 e. The Bertz CT molecular complexity index is 854. The molecule has 1 N–H and O–H groups in total. The molecule has 5 nitrogen and oxygen atoms in total. The number of hydrogen-bond donors (Lipinski definition) is 1. The highest BCUT2D eigenvalue weighted by atomic mass is 35.5. The van der Waals surface area contributed by atoms with Crippen molar-refractivity contribution in [1.82, 2.24) is 9.62 Å². The first kappa shape index (κ1) is 20.1. The third kappa shape index (κ3) is 5.15. The molecule has 0 saturated carbocycles.